The van der Waals surface area contributed by atoms with E-state index < -0.39 is 5.97 Å². The number of nitrogens with one attached hydrogen (secondary N) is 1. The molecule has 0 bridgehead atoms. The molecule has 0 saturated carbocycles. The molecule has 6 heteroatoms. The molecule has 0 fully saturated rings. The number of carboxylic acids is 1. The molecule has 0 amide bonds. The molecular formula is C13H14N2O3S. The monoisotopic (exact) mass is 278 g/mol. The number of thiazole rings is 1. The standard InChI is InChI=1S/C13H14N2O3S/c1-8-5-9(3-4-11(8)18-2)14-6-10-7-19-12(15-10)13(16)17/h3-5,7,14H,6H2,1-2H3,(H,16,17). The summed E-state index contributed by atoms with van der Waals surface area (Å²) in [6.45, 7) is 2.46. The first-order valence-corrected chi connectivity index (χ1v) is 6.54. The maximum atomic E-state index is 10.7. The summed E-state index contributed by atoms with van der Waals surface area (Å²) in [5.74, 6) is -0.149. The number of carbonyl (C=O) groups is 1. The van der Waals surface area contributed by atoms with Gasteiger partial charge in [-0.05, 0) is 30.7 Å². The van der Waals surface area contributed by atoms with Gasteiger partial charge in [0.15, 0.2) is 0 Å². The summed E-state index contributed by atoms with van der Waals surface area (Å²) in [5.41, 5.74) is 2.70. The number of aromatic nitrogens is 1. The van der Waals surface area contributed by atoms with E-state index in [1.54, 1.807) is 12.5 Å². The third kappa shape index (κ3) is 3.23. The molecule has 1 aromatic heterocycles. The Hall–Kier alpha value is -2.08. The molecule has 0 unspecified atom stereocenters. The van der Waals surface area contributed by atoms with Crippen LogP contribution in [0.1, 0.15) is 21.1 Å². The molecule has 2 aromatic rings. The third-order valence-electron chi connectivity index (χ3n) is 2.60. The molecule has 0 aliphatic carbocycles. The Morgan fingerprint density at radius 1 is 1.53 bits per heavy atom. The molecule has 1 heterocycles. The summed E-state index contributed by atoms with van der Waals surface area (Å²) in [4.78, 5) is 14.7. The van der Waals surface area contributed by atoms with Crippen molar-refractivity contribution < 1.29 is 14.6 Å². The quantitative estimate of drug-likeness (QED) is 0.880. The van der Waals surface area contributed by atoms with E-state index >= 15 is 0 Å². The van der Waals surface area contributed by atoms with Crippen LogP contribution in [0.25, 0.3) is 0 Å². The number of aromatic carboxylic acids is 1. The van der Waals surface area contributed by atoms with E-state index in [2.05, 4.69) is 10.3 Å². The summed E-state index contributed by atoms with van der Waals surface area (Å²) in [7, 11) is 1.64. The molecule has 0 saturated heterocycles. The number of carboxylic acid groups (broad SMARTS) is 1. The Morgan fingerprint density at radius 2 is 2.32 bits per heavy atom. The highest BCUT2D eigenvalue weighted by Gasteiger charge is 2.08. The Labute approximate surface area is 114 Å². The van der Waals surface area contributed by atoms with Crippen molar-refractivity contribution in [2.75, 3.05) is 12.4 Å². The fourth-order valence-corrected chi connectivity index (χ4v) is 2.32. The summed E-state index contributed by atoms with van der Waals surface area (Å²) in [6.07, 6.45) is 0. The molecule has 1 aromatic carbocycles. The van der Waals surface area contributed by atoms with Gasteiger partial charge in [0, 0.05) is 11.1 Å². The van der Waals surface area contributed by atoms with Gasteiger partial charge in [-0.15, -0.1) is 11.3 Å². The van der Waals surface area contributed by atoms with Gasteiger partial charge < -0.3 is 15.2 Å². The minimum absolute atomic E-state index is 0.114. The van der Waals surface area contributed by atoms with Crippen molar-refractivity contribution >= 4 is 23.0 Å². The lowest BCUT2D eigenvalue weighted by atomic mass is 10.2. The van der Waals surface area contributed by atoms with E-state index in [4.69, 9.17) is 9.84 Å². The zero-order chi connectivity index (χ0) is 13.8. The smallest absolute Gasteiger partial charge is 0.365 e. The summed E-state index contributed by atoms with van der Waals surface area (Å²) < 4.78 is 5.19. The predicted molar refractivity (Wildman–Crippen MR) is 74.1 cm³/mol. The number of nitrogens with zero attached hydrogens (tertiary/aromatic N) is 1. The van der Waals surface area contributed by atoms with Crippen LogP contribution in [0.3, 0.4) is 0 Å². The first kappa shape index (κ1) is 13.4. The Kier molecular flexibility index (Phi) is 4.01. The highest BCUT2D eigenvalue weighted by molar-refractivity contribution is 7.11. The van der Waals surface area contributed by atoms with Gasteiger partial charge in [-0.25, -0.2) is 9.78 Å². The number of methoxy groups -OCH3 is 1. The van der Waals surface area contributed by atoms with Gasteiger partial charge in [-0.2, -0.15) is 0 Å². The lowest BCUT2D eigenvalue weighted by molar-refractivity contribution is 0.0696. The second-order valence-electron chi connectivity index (χ2n) is 3.99. The van der Waals surface area contributed by atoms with Crippen LogP contribution in [0.2, 0.25) is 0 Å². The first-order valence-electron chi connectivity index (χ1n) is 5.66. The maximum absolute atomic E-state index is 10.7. The Morgan fingerprint density at radius 3 is 2.89 bits per heavy atom. The van der Waals surface area contributed by atoms with Crippen molar-refractivity contribution in [3.63, 3.8) is 0 Å². The third-order valence-corrected chi connectivity index (χ3v) is 3.48. The lowest BCUT2D eigenvalue weighted by Gasteiger charge is -2.08. The van der Waals surface area contributed by atoms with Gasteiger partial charge in [0.1, 0.15) is 5.75 Å². The molecule has 0 radical (unpaired) electrons. The lowest BCUT2D eigenvalue weighted by Crippen LogP contribution is -2.02. The van der Waals surface area contributed by atoms with Crippen LogP contribution in [0.5, 0.6) is 5.75 Å². The second-order valence-corrected chi connectivity index (χ2v) is 4.85. The fourth-order valence-electron chi connectivity index (χ4n) is 1.67. The SMILES string of the molecule is COc1ccc(NCc2csc(C(=O)O)n2)cc1C. The molecule has 0 aliphatic heterocycles. The van der Waals surface area contributed by atoms with Crippen LogP contribution in [0.4, 0.5) is 5.69 Å². The van der Waals surface area contributed by atoms with Gasteiger partial charge in [-0.3, -0.25) is 0 Å². The highest BCUT2D eigenvalue weighted by atomic mass is 32.1. The van der Waals surface area contributed by atoms with Gasteiger partial charge in [0.05, 0.1) is 19.3 Å². The van der Waals surface area contributed by atoms with Crippen LogP contribution >= 0.6 is 11.3 Å². The van der Waals surface area contributed by atoms with E-state index in [1.165, 1.54) is 0 Å². The van der Waals surface area contributed by atoms with Crippen LogP contribution < -0.4 is 10.1 Å². The average Bonchev–Trinajstić information content (AvgIpc) is 2.85. The number of benzene rings is 1. The molecule has 0 aliphatic rings. The van der Waals surface area contributed by atoms with Crippen LogP contribution in [-0.4, -0.2) is 23.2 Å². The molecule has 0 atom stereocenters. The molecule has 2 N–H and O–H groups in total. The van der Waals surface area contributed by atoms with E-state index in [1.807, 2.05) is 25.1 Å². The highest BCUT2D eigenvalue weighted by Crippen LogP contribution is 2.22. The first-order chi connectivity index (χ1) is 9.10. The number of ether oxygens (including phenoxy) is 1. The van der Waals surface area contributed by atoms with Crippen LogP contribution in [-0.2, 0) is 6.54 Å². The van der Waals surface area contributed by atoms with Crippen molar-refractivity contribution in [1.82, 2.24) is 4.98 Å². The number of hydrogen-bond acceptors (Lipinski definition) is 5. The Balaban J connectivity index is 2.01. The zero-order valence-electron chi connectivity index (χ0n) is 10.6. The van der Waals surface area contributed by atoms with Crippen molar-refractivity contribution in [2.24, 2.45) is 0 Å². The Bertz CT molecular complexity index is 595. The zero-order valence-corrected chi connectivity index (χ0v) is 11.5. The van der Waals surface area contributed by atoms with Crippen LogP contribution in [0.15, 0.2) is 23.6 Å². The molecular weight excluding hydrogens is 264 g/mol. The minimum Gasteiger partial charge on any atom is -0.496 e. The van der Waals surface area contributed by atoms with Gasteiger partial charge in [0.25, 0.3) is 0 Å². The van der Waals surface area contributed by atoms with Crippen LogP contribution in [0, 0.1) is 6.92 Å². The van der Waals surface area contributed by atoms with Crippen molar-refractivity contribution in [2.45, 2.75) is 13.5 Å². The molecule has 2 rings (SSSR count). The summed E-state index contributed by atoms with van der Waals surface area (Å²) in [5, 5.41) is 13.8. The molecule has 100 valence electrons. The fraction of sp³-hybridized carbons (Fsp3) is 0.231. The van der Waals surface area contributed by atoms with E-state index in [-0.39, 0.29) is 5.01 Å². The number of anilines is 1. The molecule has 5 nitrogen and oxygen atoms in total. The second kappa shape index (κ2) is 5.71. The largest absolute Gasteiger partial charge is 0.496 e. The number of rotatable bonds is 5. The van der Waals surface area contributed by atoms with E-state index in [9.17, 15) is 4.79 Å². The van der Waals surface area contributed by atoms with E-state index in [0.717, 1.165) is 34.0 Å². The summed E-state index contributed by atoms with van der Waals surface area (Å²) >= 11 is 1.13. The average molecular weight is 278 g/mol. The maximum Gasteiger partial charge on any atom is 0.365 e. The normalized spacial score (nSPS) is 10.2. The predicted octanol–water partition coefficient (Wildman–Crippen LogP) is 2.77. The topological polar surface area (TPSA) is 71.5 Å². The minimum atomic E-state index is -0.989. The summed E-state index contributed by atoms with van der Waals surface area (Å²) in [6, 6.07) is 5.78. The number of hydrogen-bond donors (Lipinski definition) is 2. The van der Waals surface area contributed by atoms with Crippen molar-refractivity contribution in [3.05, 3.63) is 39.8 Å². The van der Waals surface area contributed by atoms with Gasteiger partial charge in [0.2, 0.25) is 5.01 Å². The van der Waals surface area contributed by atoms with Crippen molar-refractivity contribution in [1.29, 1.82) is 0 Å². The van der Waals surface area contributed by atoms with Gasteiger partial charge in [-0.1, -0.05) is 0 Å². The van der Waals surface area contributed by atoms with Gasteiger partial charge >= 0.3 is 5.97 Å². The molecule has 0 spiro atoms. The molecule has 19 heavy (non-hydrogen) atoms. The van der Waals surface area contributed by atoms with Crippen molar-refractivity contribution in [3.8, 4) is 5.75 Å². The van der Waals surface area contributed by atoms with E-state index in [0.29, 0.717) is 6.54 Å². The number of aryl methyl sites for hydroxylation is 1.